The van der Waals surface area contributed by atoms with Crippen molar-refractivity contribution < 1.29 is 9.72 Å². The van der Waals surface area contributed by atoms with Crippen LogP contribution in [0.3, 0.4) is 0 Å². The Morgan fingerprint density at radius 3 is 1.91 bits per heavy atom. The SMILES string of the molecule is Cc1c(C)c(C)c(NC(=O)c2ccccc2[N+](=O)[O-])c(C)c1C. The Morgan fingerprint density at radius 2 is 1.39 bits per heavy atom. The fourth-order valence-corrected chi connectivity index (χ4v) is 2.69. The van der Waals surface area contributed by atoms with Crippen LogP contribution in [0.1, 0.15) is 38.2 Å². The predicted molar refractivity (Wildman–Crippen MR) is 91.2 cm³/mol. The third-order valence-corrected chi connectivity index (χ3v) is 4.58. The lowest BCUT2D eigenvalue weighted by Gasteiger charge is -2.19. The zero-order chi connectivity index (χ0) is 17.3. The first-order valence-corrected chi connectivity index (χ1v) is 7.37. The highest BCUT2D eigenvalue weighted by Crippen LogP contribution is 2.31. The Balaban J connectivity index is 2.49. The molecule has 0 saturated heterocycles. The molecule has 0 aliphatic carbocycles. The number of hydrogen-bond donors (Lipinski definition) is 1. The van der Waals surface area contributed by atoms with Crippen molar-refractivity contribution in [2.45, 2.75) is 34.6 Å². The van der Waals surface area contributed by atoms with E-state index >= 15 is 0 Å². The van der Waals surface area contributed by atoms with Gasteiger partial charge in [0.15, 0.2) is 0 Å². The van der Waals surface area contributed by atoms with E-state index in [-0.39, 0.29) is 11.3 Å². The van der Waals surface area contributed by atoms with Gasteiger partial charge in [-0.1, -0.05) is 12.1 Å². The number of nitrogens with zero attached hydrogens (tertiary/aromatic N) is 1. The summed E-state index contributed by atoms with van der Waals surface area (Å²) in [6.07, 6.45) is 0. The number of hydrogen-bond acceptors (Lipinski definition) is 3. The second-order valence-corrected chi connectivity index (χ2v) is 5.73. The zero-order valence-corrected chi connectivity index (χ0v) is 14.0. The molecule has 0 radical (unpaired) electrons. The van der Waals surface area contributed by atoms with E-state index in [1.54, 1.807) is 12.1 Å². The van der Waals surface area contributed by atoms with E-state index in [1.807, 2.05) is 27.7 Å². The van der Waals surface area contributed by atoms with Gasteiger partial charge in [-0.25, -0.2) is 0 Å². The van der Waals surface area contributed by atoms with Gasteiger partial charge in [0.05, 0.1) is 4.92 Å². The maximum atomic E-state index is 12.5. The van der Waals surface area contributed by atoms with Gasteiger partial charge >= 0.3 is 0 Å². The summed E-state index contributed by atoms with van der Waals surface area (Å²) < 4.78 is 0. The van der Waals surface area contributed by atoms with Crippen LogP contribution in [0, 0.1) is 44.7 Å². The summed E-state index contributed by atoms with van der Waals surface area (Å²) in [7, 11) is 0. The van der Waals surface area contributed by atoms with Crippen LogP contribution < -0.4 is 5.32 Å². The quantitative estimate of drug-likeness (QED) is 0.675. The maximum Gasteiger partial charge on any atom is 0.282 e. The second-order valence-electron chi connectivity index (χ2n) is 5.73. The van der Waals surface area contributed by atoms with E-state index in [0.29, 0.717) is 0 Å². The molecule has 23 heavy (non-hydrogen) atoms. The normalized spacial score (nSPS) is 10.5. The highest BCUT2D eigenvalue weighted by molar-refractivity contribution is 6.07. The van der Waals surface area contributed by atoms with Crippen LogP contribution in [-0.2, 0) is 0 Å². The summed E-state index contributed by atoms with van der Waals surface area (Å²) in [6.45, 7) is 9.97. The average Bonchev–Trinajstić information content (AvgIpc) is 2.54. The first-order chi connectivity index (χ1) is 10.8. The first kappa shape index (κ1) is 16.7. The van der Waals surface area contributed by atoms with Gasteiger partial charge in [-0.2, -0.15) is 0 Å². The minimum atomic E-state index is -0.541. The van der Waals surface area contributed by atoms with E-state index in [2.05, 4.69) is 12.2 Å². The van der Waals surface area contributed by atoms with Gasteiger partial charge in [0.25, 0.3) is 11.6 Å². The lowest BCUT2D eigenvalue weighted by Crippen LogP contribution is -2.16. The number of nitrogens with one attached hydrogen (secondary N) is 1. The lowest BCUT2D eigenvalue weighted by atomic mass is 9.93. The summed E-state index contributed by atoms with van der Waals surface area (Å²) in [5, 5.41) is 13.9. The molecule has 0 fully saturated rings. The fraction of sp³-hybridized carbons (Fsp3) is 0.278. The van der Waals surface area contributed by atoms with Crippen molar-refractivity contribution in [3.8, 4) is 0 Å². The van der Waals surface area contributed by atoms with Crippen LogP contribution in [-0.4, -0.2) is 10.8 Å². The fourth-order valence-electron chi connectivity index (χ4n) is 2.69. The zero-order valence-electron chi connectivity index (χ0n) is 14.0. The summed E-state index contributed by atoms with van der Waals surface area (Å²) >= 11 is 0. The standard InChI is InChI=1S/C18H20N2O3/c1-10-11(2)13(4)17(14(5)12(10)3)19-18(21)15-8-6-7-9-16(15)20(22)23/h6-9H,1-5H3,(H,19,21). The molecule has 0 heterocycles. The van der Waals surface area contributed by atoms with Crippen LogP contribution in [0.5, 0.6) is 0 Å². The summed E-state index contributed by atoms with van der Waals surface area (Å²) in [5.41, 5.74) is 6.00. The predicted octanol–water partition coefficient (Wildman–Crippen LogP) is 4.39. The molecule has 2 aromatic carbocycles. The molecule has 120 valence electrons. The third kappa shape index (κ3) is 2.95. The number of rotatable bonds is 3. The van der Waals surface area contributed by atoms with Crippen molar-refractivity contribution >= 4 is 17.3 Å². The van der Waals surface area contributed by atoms with E-state index in [0.717, 1.165) is 27.9 Å². The van der Waals surface area contributed by atoms with Gasteiger partial charge in [0, 0.05) is 11.8 Å². The number of nitro groups is 1. The maximum absolute atomic E-state index is 12.5. The molecule has 0 unspecified atom stereocenters. The Bertz CT molecular complexity index is 781. The molecule has 2 rings (SSSR count). The number of para-hydroxylation sites is 1. The number of carbonyl (C=O) groups is 1. The number of amides is 1. The molecule has 0 saturated carbocycles. The topological polar surface area (TPSA) is 72.2 Å². The van der Waals surface area contributed by atoms with Gasteiger partial charge in [0.1, 0.15) is 5.56 Å². The molecule has 0 aliphatic heterocycles. The average molecular weight is 312 g/mol. The van der Waals surface area contributed by atoms with E-state index < -0.39 is 10.8 Å². The highest BCUT2D eigenvalue weighted by Gasteiger charge is 2.21. The molecular weight excluding hydrogens is 292 g/mol. The van der Waals surface area contributed by atoms with E-state index in [9.17, 15) is 14.9 Å². The van der Waals surface area contributed by atoms with Crippen LogP contribution >= 0.6 is 0 Å². The largest absolute Gasteiger partial charge is 0.321 e. The second kappa shape index (κ2) is 6.20. The van der Waals surface area contributed by atoms with Crippen LogP contribution in [0.15, 0.2) is 24.3 Å². The van der Waals surface area contributed by atoms with E-state index in [1.165, 1.54) is 17.7 Å². The monoisotopic (exact) mass is 312 g/mol. The summed E-state index contributed by atoms with van der Waals surface area (Å²) in [5.74, 6) is -0.467. The first-order valence-electron chi connectivity index (χ1n) is 7.37. The molecule has 1 N–H and O–H groups in total. The molecule has 0 aliphatic rings. The summed E-state index contributed by atoms with van der Waals surface area (Å²) in [6, 6.07) is 5.96. The highest BCUT2D eigenvalue weighted by atomic mass is 16.6. The van der Waals surface area contributed by atoms with Crippen molar-refractivity contribution in [3.63, 3.8) is 0 Å². The number of anilines is 1. The van der Waals surface area contributed by atoms with Crippen molar-refractivity contribution in [2.24, 2.45) is 0 Å². The minimum absolute atomic E-state index is 0.0622. The van der Waals surface area contributed by atoms with Crippen LogP contribution in [0.4, 0.5) is 11.4 Å². The van der Waals surface area contributed by atoms with Gasteiger partial charge in [-0.15, -0.1) is 0 Å². The molecule has 5 heteroatoms. The van der Waals surface area contributed by atoms with Crippen LogP contribution in [0.2, 0.25) is 0 Å². The van der Waals surface area contributed by atoms with Crippen molar-refractivity contribution in [2.75, 3.05) is 5.32 Å². The smallest absolute Gasteiger partial charge is 0.282 e. The third-order valence-electron chi connectivity index (χ3n) is 4.58. The molecular formula is C18H20N2O3. The minimum Gasteiger partial charge on any atom is -0.321 e. The Kier molecular flexibility index (Phi) is 4.50. The van der Waals surface area contributed by atoms with Gasteiger partial charge in [0.2, 0.25) is 0 Å². The van der Waals surface area contributed by atoms with Crippen molar-refractivity contribution in [1.29, 1.82) is 0 Å². The van der Waals surface area contributed by atoms with Crippen molar-refractivity contribution in [1.82, 2.24) is 0 Å². The number of benzene rings is 2. The van der Waals surface area contributed by atoms with Gasteiger partial charge in [-0.05, 0) is 68.5 Å². The number of carbonyl (C=O) groups excluding carboxylic acids is 1. The molecule has 0 bridgehead atoms. The summed E-state index contributed by atoms with van der Waals surface area (Å²) in [4.78, 5) is 23.1. The lowest BCUT2D eigenvalue weighted by molar-refractivity contribution is -0.385. The van der Waals surface area contributed by atoms with Crippen LogP contribution in [0.25, 0.3) is 0 Å². The molecule has 0 aromatic heterocycles. The molecule has 5 nitrogen and oxygen atoms in total. The Morgan fingerprint density at radius 1 is 0.913 bits per heavy atom. The Hall–Kier alpha value is -2.69. The molecule has 1 amide bonds. The molecule has 0 spiro atoms. The van der Waals surface area contributed by atoms with E-state index in [4.69, 9.17) is 0 Å². The van der Waals surface area contributed by atoms with Gasteiger partial charge < -0.3 is 5.32 Å². The molecule has 2 aromatic rings. The van der Waals surface area contributed by atoms with Crippen molar-refractivity contribution in [3.05, 3.63) is 67.8 Å². The molecule has 0 atom stereocenters. The Labute approximate surface area is 135 Å². The number of nitro benzene ring substituents is 1. The van der Waals surface area contributed by atoms with Gasteiger partial charge in [-0.3, -0.25) is 14.9 Å².